The van der Waals surface area contributed by atoms with Crippen molar-refractivity contribution in [3.8, 4) is 0 Å². The molecule has 1 rings (SSSR count). The molecule has 1 heterocycles. The van der Waals surface area contributed by atoms with Gasteiger partial charge in [-0.2, -0.15) is 0 Å². The summed E-state index contributed by atoms with van der Waals surface area (Å²) >= 11 is 0. The number of halogens is 2. The molecule has 1 atom stereocenters. The molecule has 64 valence electrons. The van der Waals surface area contributed by atoms with Gasteiger partial charge in [0, 0.05) is 12.2 Å². The average Bonchev–Trinajstić information content (AvgIpc) is 1.90. The van der Waals surface area contributed by atoms with Crippen molar-refractivity contribution in [1.82, 2.24) is 9.97 Å². The van der Waals surface area contributed by atoms with Gasteiger partial charge in [-0.1, -0.05) is 0 Å². The lowest BCUT2D eigenvalue weighted by atomic mass is 10.2. The van der Waals surface area contributed by atoms with Crippen LogP contribution in [-0.4, -0.2) is 9.97 Å². The Kier molecular flexibility index (Phi) is 7.62. The van der Waals surface area contributed by atoms with E-state index in [1.54, 1.807) is 6.20 Å². The van der Waals surface area contributed by atoms with Gasteiger partial charge >= 0.3 is 0 Å². The summed E-state index contributed by atoms with van der Waals surface area (Å²) in [6.45, 7) is 1.89. The minimum atomic E-state index is 0. The van der Waals surface area contributed by atoms with E-state index < -0.39 is 0 Å². The van der Waals surface area contributed by atoms with Crippen molar-refractivity contribution in [3.63, 3.8) is 0 Å². The molecule has 11 heavy (non-hydrogen) atoms. The molecule has 1 aromatic rings. The molecule has 0 saturated heterocycles. The van der Waals surface area contributed by atoms with Crippen molar-refractivity contribution < 1.29 is 0 Å². The predicted octanol–water partition coefficient (Wildman–Crippen LogP) is 1.34. The first kappa shape index (κ1) is 13.2. The van der Waals surface area contributed by atoms with Crippen LogP contribution in [0.4, 0.5) is 0 Å². The van der Waals surface area contributed by atoms with Crippen LogP contribution in [0.5, 0.6) is 0 Å². The lowest BCUT2D eigenvalue weighted by Gasteiger charge is -2.00. The minimum Gasteiger partial charge on any atom is -0.323 e. The monoisotopic (exact) mass is 195 g/mol. The Morgan fingerprint density at radius 3 is 2.36 bits per heavy atom. The fourth-order valence-electron chi connectivity index (χ4n) is 0.570. The van der Waals surface area contributed by atoms with E-state index >= 15 is 0 Å². The fraction of sp³-hybridized carbons (Fsp3) is 0.333. The molecular formula is C6H11Cl2N3. The number of rotatable bonds is 1. The molecule has 1 unspecified atom stereocenters. The fourth-order valence-corrected chi connectivity index (χ4v) is 0.570. The summed E-state index contributed by atoms with van der Waals surface area (Å²) in [5.41, 5.74) is 6.40. The summed E-state index contributed by atoms with van der Waals surface area (Å²) < 4.78 is 0. The van der Waals surface area contributed by atoms with Crippen LogP contribution in [0.25, 0.3) is 0 Å². The lowest BCUT2D eigenvalue weighted by Crippen LogP contribution is -2.06. The SMILES string of the molecule is CC(N)c1ccncn1.Cl.Cl. The topological polar surface area (TPSA) is 51.8 Å². The van der Waals surface area contributed by atoms with Crippen LogP contribution in [0.1, 0.15) is 18.7 Å². The van der Waals surface area contributed by atoms with Crippen molar-refractivity contribution in [2.75, 3.05) is 0 Å². The molecule has 1 aromatic heterocycles. The quantitative estimate of drug-likeness (QED) is 0.737. The molecule has 2 N–H and O–H groups in total. The molecular weight excluding hydrogens is 185 g/mol. The van der Waals surface area contributed by atoms with Crippen LogP contribution in [0, 0.1) is 0 Å². The summed E-state index contributed by atoms with van der Waals surface area (Å²) in [6, 6.07) is 1.82. The Morgan fingerprint density at radius 1 is 1.45 bits per heavy atom. The second-order valence-electron chi connectivity index (χ2n) is 1.92. The van der Waals surface area contributed by atoms with Gasteiger partial charge < -0.3 is 5.73 Å². The molecule has 0 amide bonds. The first-order valence-corrected chi connectivity index (χ1v) is 2.82. The number of hydrogen-bond donors (Lipinski definition) is 1. The highest BCUT2D eigenvalue weighted by atomic mass is 35.5. The molecule has 0 aromatic carbocycles. The molecule has 0 aliphatic carbocycles. The van der Waals surface area contributed by atoms with E-state index in [9.17, 15) is 0 Å². The highest BCUT2D eigenvalue weighted by Crippen LogP contribution is 2.00. The van der Waals surface area contributed by atoms with Crippen LogP contribution < -0.4 is 5.73 Å². The zero-order valence-electron chi connectivity index (χ0n) is 6.10. The standard InChI is InChI=1S/C6H9N3.2ClH/c1-5(7)6-2-3-8-4-9-6;;/h2-5H,7H2,1H3;2*1H. The zero-order valence-corrected chi connectivity index (χ0v) is 7.73. The van der Waals surface area contributed by atoms with E-state index in [4.69, 9.17) is 5.73 Å². The summed E-state index contributed by atoms with van der Waals surface area (Å²) in [6.07, 6.45) is 3.18. The van der Waals surface area contributed by atoms with Gasteiger partial charge in [-0.15, -0.1) is 24.8 Å². The first-order chi connectivity index (χ1) is 4.30. The van der Waals surface area contributed by atoms with Crippen LogP contribution in [0.3, 0.4) is 0 Å². The Hall–Kier alpha value is -0.380. The van der Waals surface area contributed by atoms with E-state index in [1.807, 2.05) is 13.0 Å². The molecule has 0 radical (unpaired) electrons. The molecule has 0 fully saturated rings. The van der Waals surface area contributed by atoms with Gasteiger partial charge in [0.05, 0.1) is 5.69 Å². The molecule has 3 nitrogen and oxygen atoms in total. The van der Waals surface area contributed by atoms with Gasteiger partial charge in [-0.05, 0) is 13.0 Å². The Morgan fingerprint density at radius 2 is 2.09 bits per heavy atom. The summed E-state index contributed by atoms with van der Waals surface area (Å²) in [5.74, 6) is 0. The van der Waals surface area contributed by atoms with E-state index in [0.29, 0.717) is 0 Å². The van der Waals surface area contributed by atoms with Gasteiger partial charge in [-0.25, -0.2) is 9.97 Å². The average molecular weight is 196 g/mol. The third-order valence-corrected chi connectivity index (χ3v) is 1.07. The van der Waals surface area contributed by atoms with Crippen molar-refractivity contribution >= 4 is 24.8 Å². The maximum absolute atomic E-state index is 5.52. The largest absolute Gasteiger partial charge is 0.323 e. The summed E-state index contributed by atoms with van der Waals surface area (Å²) in [7, 11) is 0. The third-order valence-electron chi connectivity index (χ3n) is 1.07. The summed E-state index contributed by atoms with van der Waals surface area (Å²) in [5, 5.41) is 0. The zero-order chi connectivity index (χ0) is 6.69. The normalized spacial score (nSPS) is 10.7. The minimum absolute atomic E-state index is 0. The highest BCUT2D eigenvalue weighted by Gasteiger charge is 1.96. The third kappa shape index (κ3) is 4.14. The molecule has 0 aliphatic heterocycles. The number of nitrogens with two attached hydrogens (primary N) is 1. The molecule has 0 spiro atoms. The van der Waals surface area contributed by atoms with E-state index in [1.165, 1.54) is 6.33 Å². The van der Waals surface area contributed by atoms with Gasteiger partial charge in [-0.3, -0.25) is 0 Å². The van der Waals surface area contributed by atoms with Crippen LogP contribution in [0.15, 0.2) is 18.6 Å². The molecule has 0 saturated carbocycles. The second kappa shape index (κ2) is 6.34. The Balaban J connectivity index is 0. The molecule has 0 bridgehead atoms. The number of hydrogen-bond acceptors (Lipinski definition) is 3. The Bertz CT molecular complexity index is 178. The number of aromatic nitrogens is 2. The van der Waals surface area contributed by atoms with Crippen molar-refractivity contribution in [1.29, 1.82) is 0 Å². The number of nitrogens with zero attached hydrogens (tertiary/aromatic N) is 2. The lowest BCUT2D eigenvalue weighted by molar-refractivity contribution is 0.774. The van der Waals surface area contributed by atoms with E-state index in [0.717, 1.165) is 5.69 Å². The van der Waals surface area contributed by atoms with Crippen molar-refractivity contribution in [2.24, 2.45) is 5.73 Å². The maximum atomic E-state index is 5.52. The van der Waals surface area contributed by atoms with Gasteiger partial charge in [0.25, 0.3) is 0 Å². The smallest absolute Gasteiger partial charge is 0.115 e. The summed E-state index contributed by atoms with van der Waals surface area (Å²) in [4.78, 5) is 7.70. The van der Waals surface area contributed by atoms with Gasteiger partial charge in [0.15, 0.2) is 0 Å². The van der Waals surface area contributed by atoms with Crippen molar-refractivity contribution in [3.05, 3.63) is 24.3 Å². The predicted molar refractivity (Wildman–Crippen MR) is 49.1 cm³/mol. The van der Waals surface area contributed by atoms with E-state index in [2.05, 4.69) is 9.97 Å². The first-order valence-electron chi connectivity index (χ1n) is 2.82. The van der Waals surface area contributed by atoms with Gasteiger partial charge in [0.2, 0.25) is 0 Å². The van der Waals surface area contributed by atoms with Crippen molar-refractivity contribution in [2.45, 2.75) is 13.0 Å². The molecule has 5 heteroatoms. The Labute approximate surface area is 78.2 Å². The second-order valence-corrected chi connectivity index (χ2v) is 1.92. The van der Waals surface area contributed by atoms with Crippen LogP contribution >= 0.6 is 24.8 Å². The van der Waals surface area contributed by atoms with Gasteiger partial charge in [0.1, 0.15) is 6.33 Å². The van der Waals surface area contributed by atoms with E-state index in [-0.39, 0.29) is 30.9 Å². The van der Waals surface area contributed by atoms with Crippen LogP contribution in [-0.2, 0) is 0 Å². The maximum Gasteiger partial charge on any atom is 0.115 e. The molecule has 0 aliphatic rings. The van der Waals surface area contributed by atoms with Crippen LogP contribution in [0.2, 0.25) is 0 Å². The highest BCUT2D eigenvalue weighted by molar-refractivity contribution is 5.85.